The van der Waals surface area contributed by atoms with E-state index in [-0.39, 0.29) is 33.8 Å². The second-order valence-electron chi connectivity index (χ2n) is 3.80. The highest BCUT2D eigenvalue weighted by atomic mass is 79.9. The topological polar surface area (TPSA) is 52.6 Å². The molecule has 1 saturated carbocycles. The zero-order chi connectivity index (χ0) is 12.3. The zero-order valence-corrected chi connectivity index (χ0v) is 12.3. The Hall–Kier alpha value is -0.100. The van der Waals surface area contributed by atoms with Gasteiger partial charge in [0.25, 0.3) is 0 Å². The molecule has 6 heteroatoms. The van der Waals surface area contributed by atoms with E-state index in [1.165, 1.54) is 13.8 Å². The number of halogens is 2. The first-order valence-electron chi connectivity index (χ1n) is 5.02. The van der Waals surface area contributed by atoms with Gasteiger partial charge < -0.3 is 9.47 Å². The van der Waals surface area contributed by atoms with Gasteiger partial charge in [-0.1, -0.05) is 31.9 Å². The van der Waals surface area contributed by atoms with E-state index in [1.54, 1.807) is 0 Å². The van der Waals surface area contributed by atoms with Gasteiger partial charge in [0.2, 0.25) is 0 Å². The minimum atomic E-state index is -0.362. The summed E-state index contributed by atoms with van der Waals surface area (Å²) in [6.45, 7) is 2.71. The Bertz CT molecular complexity index is 254. The van der Waals surface area contributed by atoms with Crippen LogP contribution in [0.15, 0.2) is 0 Å². The number of hydrogen-bond acceptors (Lipinski definition) is 4. The van der Waals surface area contributed by atoms with E-state index in [1.807, 2.05) is 0 Å². The molecule has 0 heterocycles. The van der Waals surface area contributed by atoms with Crippen LogP contribution in [0.2, 0.25) is 0 Å². The lowest BCUT2D eigenvalue weighted by molar-refractivity contribution is -0.168. The highest BCUT2D eigenvalue weighted by molar-refractivity contribution is 9.12. The third-order valence-electron chi connectivity index (χ3n) is 2.36. The number of alkyl halides is 2. The third kappa shape index (κ3) is 4.05. The highest BCUT2D eigenvalue weighted by Gasteiger charge is 2.38. The molecule has 1 aliphatic carbocycles. The van der Waals surface area contributed by atoms with Gasteiger partial charge in [-0.05, 0) is 0 Å². The molecule has 1 aliphatic rings. The molecule has 0 unspecified atom stereocenters. The number of esters is 2. The molecule has 0 bridgehead atoms. The van der Waals surface area contributed by atoms with E-state index in [4.69, 9.17) is 9.47 Å². The minimum absolute atomic E-state index is 0.212. The predicted octanol–water partition coefficient (Wildman–Crippen LogP) is 2.17. The molecule has 1 fully saturated rings. The summed E-state index contributed by atoms with van der Waals surface area (Å²) in [5.41, 5.74) is 0. The van der Waals surface area contributed by atoms with Crippen LogP contribution >= 0.6 is 31.9 Å². The van der Waals surface area contributed by atoms with Gasteiger partial charge >= 0.3 is 11.9 Å². The smallest absolute Gasteiger partial charge is 0.303 e. The van der Waals surface area contributed by atoms with Gasteiger partial charge in [-0.3, -0.25) is 9.59 Å². The van der Waals surface area contributed by atoms with Crippen LogP contribution in [0.5, 0.6) is 0 Å². The molecule has 0 N–H and O–H groups in total. The quantitative estimate of drug-likeness (QED) is 0.561. The van der Waals surface area contributed by atoms with E-state index >= 15 is 0 Å². The second kappa shape index (κ2) is 6.00. The van der Waals surface area contributed by atoms with Crippen molar-refractivity contribution in [3.63, 3.8) is 0 Å². The van der Waals surface area contributed by atoms with Crippen LogP contribution in [0, 0.1) is 0 Å². The maximum Gasteiger partial charge on any atom is 0.303 e. The fourth-order valence-electron chi connectivity index (χ4n) is 1.72. The molecule has 0 aliphatic heterocycles. The van der Waals surface area contributed by atoms with Crippen molar-refractivity contribution >= 4 is 43.8 Å². The number of carbonyl (C=O) groups excluding carboxylic acids is 2. The summed E-state index contributed by atoms with van der Waals surface area (Å²) in [7, 11) is 0. The Balaban J connectivity index is 2.66. The predicted molar refractivity (Wildman–Crippen MR) is 65.8 cm³/mol. The molecule has 0 radical (unpaired) electrons. The summed E-state index contributed by atoms with van der Waals surface area (Å²) >= 11 is 7.00. The van der Waals surface area contributed by atoms with Crippen molar-refractivity contribution in [3.8, 4) is 0 Å². The molecule has 0 spiro atoms. The number of rotatable bonds is 2. The number of ether oxygens (including phenoxy) is 2. The summed E-state index contributed by atoms with van der Waals surface area (Å²) in [6, 6.07) is 0. The fourth-order valence-corrected chi connectivity index (χ4v) is 2.89. The maximum absolute atomic E-state index is 10.9. The molecular formula is C10H14Br2O4. The van der Waals surface area contributed by atoms with Crippen molar-refractivity contribution in [2.24, 2.45) is 0 Å². The van der Waals surface area contributed by atoms with Crippen LogP contribution < -0.4 is 0 Å². The van der Waals surface area contributed by atoms with Crippen molar-refractivity contribution in [2.75, 3.05) is 0 Å². The Morgan fingerprint density at radius 1 is 0.938 bits per heavy atom. The van der Waals surface area contributed by atoms with E-state index in [0.29, 0.717) is 12.8 Å². The largest absolute Gasteiger partial charge is 0.459 e. The summed E-state index contributed by atoms with van der Waals surface area (Å²) in [5.74, 6) is -0.704. The van der Waals surface area contributed by atoms with Crippen LogP contribution in [-0.2, 0) is 19.1 Å². The van der Waals surface area contributed by atoms with Crippen LogP contribution in [0.25, 0.3) is 0 Å². The van der Waals surface area contributed by atoms with Gasteiger partial charge in [-0.25, -0.2) is 0 Å². The van der Waals surface area contributed by atoms with Gasteiger partial charge in [0.15, 0.2) is 0 Å². The zero-order valence-electron chi connectivity index (χ0n) is 9.11. The normalized spacial score (nSPS) is 34.2. The molecular weight excluding hydrogens is 344 g/mol. The second-order valence-corrected chi connectivity index (χ2v) is 6.15. The molecule has 0 saturated heterocycles. The van der Waals surface area contributed by atoms with Crippen molar-refractivity contribution in [3.05, 3.63) is 0 Å². The first-order valence-corrected chi connectivity index (χ1v) is 6.86. The summed E-state index contributed by atoms with van der Waals surface area (Å²) in [6.07, 6.45) is 0.542. The molecule has 0 aromatic carbocycles. The number of hydrogen-bond donors (Lipinski definition) is 0. The van der Waals surface area contributed by atoms with Crippen molar-refractivity contribution in [1.29, 1.82) is 0 Å². The molecule has 1 rings (SSSR count). The van der Waals surface area contributed by atoms with Crippen molar-refractivity contribution in [1.82, 2.24) is 0 Å². The van der Waals surface area contributed by atoms with Gasteiger partial charge in [0.05, 0.1) is 0 Å². The van der Waals surface area contributed by atoms with E-state index in [9.17, 15) is 9.59 Å². The van der Waals surface area contributed by atoms with Gasteiger partial charge in [0.1, 0.15) is 12.2 Å². The van der Waals surface area contributed by atoms with Crippen LogP contribution in [0.3, 0.4) is 0 Å². The lowest BCUT2D eigenvalue weighted by Crippen LogP contribution is -2.44. The van der Waals surface area contributed by atoms with Gasteiger partial charge in [-0.15, -0.1) is 0 Å². The first-order chi connectivity index (χ1) is 7.40. The Morgan fingerprint density at radius 2 is 1.25 bits per heavy atom. The lowest BCUT2D eigenvalue weighted by Gasteiger charge is -2.35. The van der Waals surface area contributed by atoms with Crippen LogP contribution in [0.4, 0.5) is 0 Å². The highest BCUT2D eigenvalue weighted by Crippen LogP contribution is 2.33. The van der Waals surface area contributed by atoms with Gasteiger partial charge in [0, 0.05) is 36.3 Å². The monoisotopic (exact) mass is 356 g/mol. The molecule has 0 aromatic rings. The molecule has 4 atom stereocenters. The van der Waals surface area contributed by atoms with Crippen LogP contribution in [-0.4, -0.2) is 33.8 Å². The summed E-state index contributed by atoms with van der Waals surface area (Å²) in [5, 5.41) is 0. The standard InChI is InChI=1S/C10H14Br2O4/c1-5(13)15-9-3-7(11)8(12)4-10(9)16-6(2)14/h7-10H,3-4H2,1-2H3/t7-,8-,9+,10+/m1/s1. The fraction of sp³-hybridized carbons (Fsp3) is 0.800. The Kier molecular flexibility index (Phi) is 5.24. The SMILES string of the molecule is CC(=O)O[C@H]1C[C@@H](Br)[C@H](Br)C[C@@H]1OC(C)=O. The third-order valence-corrected chi connectivity index (χ3v) is 5.09. The Labute approximate surface area is 111 Å². The summed E-state index contributed by atoms with van der Waals surface area (Å²) < 4.78 is 10.3. The molecule has 0 aromatic heterocycles. The van der Waals surface area contributed by atoms with E-state index in [0.717, 1.165) is 0 Å². The summed E-state index contributed by atoms with van der Waals surface area (Å²) in [4.78, 5) is 22.3. The average Bonchev–Trinajstić information content (AvgIpc) is 2.11. The molecule has 4 nitrogen and oxygen atoms in total. The minimum Gasteiger partial charge on any atom is -0.459 e. The molecule has 16 heavy (non-hydrogen) atoms. The molecule has 0 amide bonds. The maximum atomic E-state index is 10.9. The van der Waals surface area contributed by atoms with Crippen molar-refractivity contribution < 1.29 is 19.1 Å². The average molecular weight is 358 g/mol. The Morgan fingerprint density at radius 3 is 1.50 bits per heavy atom. The van der Waals surface area contributed by atoms with Gasteiger partial charge in [-0.2, -0.15) is 0 Å². The van der Waals surface area contributed by atoms with E-state index in [2.05, 4.69) is 31.9 Å². The van der Waals surface area contributed by atoms with E-state index < -0.39 is 0 Å². The lowest BCUT2D eigenvalue weighted by atomic mass is 9.94. The first kappa shape index (κ1) is 14.0. The van der Waals surface area contributed by atoms with Crippen LogP contribution in [0.1, 0.15) is 26.7 Å². The number of carbonyl (C=O) groups is 2. The van der Waals surface area contributed by atoms with Crippen molar-refractivity contribution in [2.45, 2.75) is 48.6 Å². The molecule has 92 valence electrons.